The van der Waals surface area contributed by atoms with Crippen LogP contribution in [0.15, 0.2) is 64.5 Å². The highest BCUT2D eigenvalue weighted by molar-refractivity contribution is 7.99. The molecular formula is C22H20N4O3S. The molecule has 0 saturated carbocycles. The van der Waals surface area contributed by atoms with Crippen LogP contribution in [0.5, 0.6) is 0 Å². The predicted molar refractivity (Wildman–Crippen MR) is 117 cm³/mol. The third-order valence-electron chi connectivity index (χ3n) is 4.83. The fourth-order valence-electron chi connectivity index (χ4n) is 3.32. The number of aryl methyl sites for hydroxylation is 1. The van der Waals surface area contributed by atoms with Gasteiger partial charge in [0.15, 0.2) is 5.16 Å². The number of thioether (sulfide) groups is 1. The average molecular weight is 420 g/mol. The van der Waals surface area contributed by atoms with Gasteiger partial charge in [0, 0.05) is 17.7 Å². The first-order valence-corrected chi connectivity index (χ1v) is 10.5. The second-order valence-corrected chi connectivity index (χ2v) is 7.90. The van der Waals surface area contributed by atoms with Crippen LogP contribution >= 0.6 is 11.8 Å². The highest BCUT2D eigenvalue weighted by Gasteiger charge is 2.26. The summed E-state index contributed by atoms with van der Waals surface area (Å²) in [6.07, 6.45) is 0.499. The van der Waals surface area contributed by atoms with Gasteiger partial charge in [0.25, 0.3) is 5.56 Å². The van der Waals surface area contributed by atoms with E-state index in [-0.39, 0.29) is 29.7 Å². The maximum atomic E-state index is 12.8. The molecule has 30 heavy (non-hydrogen) atoms. The Labute approximate surface area is 177 Å². The van der Waals surface area contributed by atoms with Crippen molar-refractivity contribution in [1.82, 2.24) is 9.97 Å². The minimum absolute atomic E-state index is 0.0323. The lowest BCUT2D eigenvalue weighted by atomic mass is 10.1. The largest absolute Gasteiger partial charge is 0.323 e. The van der Waals surface area contributed by atoms with Gasteiger partial charge in [-0.15, -0.1) is 0 Å². The first kappa shape index (κ1) is 19.9. The van der Waals surface area contributed by atoms with E-state index in [1.807, 2.05) is 36.4 Å². The number of benzene rings is 2. The lowest BCUT2D eigenvalue weighted by Crippen LogP contribution is -2.43. The van der Waals surface area contributed by atoms with E-state index in [9.17, 15) is 14.4 Å². The number of nitrogens with one attached hydrogen (secondary N) is 2. The van der Waals surface area contributed by atoms with Crippen LogP contribution in [0.3, 0.4) is 0 Å². The molecule has 0 saturated heterocycles. The molecule has 1 aromatic heterocycles. The van der Waals surface area contributed by atoms with Crippen molar-refractivity contribution < 1.29 is 9.59 Å². The van der Waals surface area contributed by atoms with Crippen LogP contribution in [-0.2, 0) is 16.0 Å². The molecule has 1 aliphatic heterocycles. The number of nitrogens with zero attached hydrogens (tertiary/aromatic N) is 2. The molecule has 2 N–H and O–H groups in total. The first-order chi connectivity index (χ1) is 14.5. The lowest BCUT2D eigenvalue weighted by molar-refractivity contribution is -0.120. The van der Waals surface area contributed by atoms with Crippen molar-refractivity contribution >= 4 is 35.0 Å². The van der Waals surface area contributed by atoms with Crippen LogP contribution in [0.25, 0.3) is 0 Å². The van der Waals surface area contributed by atoms with Crippen molar-refractivity contribution in [2.45, 2.75) is 18.5 Å². The molecule has 0 fully saturated rings. The highest BCUT2D eigenvalue weighted by atomic mass is 32.2. The molecule has 4 rings (SSSR count). The summed E-state index contributed by atoms with van der Waals surface area (Å²) >= 11 is 1.15. The number of H-pyrrole nitrogens is 1. The Morgan fingerprint density at radius 2 is 1.83 bits per heavy atom. The minimum Gasteiger partial charge on any atom is -0.323 e. The molecule has 0 radical (unpaired) electrons. The quantitative estimate of drug-likeness (QED) is 0.489. The van der Waals surface area contributed by atoms with Crippen molar-refractivity contribution in [1.29, 1.82) is 0 Å². The molecule has 1 aliphatic rings. The second-order valence-electron chi connectivity index (χ2n) is 6.93. The number of hydrogen-bond acceptors (Lipinski definition) is 5. The second kappa shape index (κ2) is 8.54. The third kappa shape index (κ3) is 4.28. The molecular weight excluding hydrogens is 400 g/mol. The normalized spacial score (nSPS) is 13.0. The fourth-order valence-corrected chi connectivity index (χ4v) is 4.11. The van der Waals surface area contributed by atoms with Crippen LogP contribution < -0.4 is 15.8 Å². The number of aromatic amines is 1. The number of rotatable bonds is 5. The Morgan fingerprint density at radius 1 is 1.10 bits per heavy atom. The predicted octanol–water partition coefficient (Wildman–Crippen LogP) is 2.75. The van der Waals surface area contributed by atoms with Gasteiger partial charge in [0.1, 0.15) is 6.54 Å². The van der Waals surface area contributed by atoms with Crippen LogP contribution in [0, 0.1) is 6.92 Å². The zero-order valence-corrected chi connectivity index (χ0v) is 17.2. The van der Waals surface area contributed by atoms with Crippen LogP contribution in [0.1, 0.15) is 16.8 Å². The molecule has 3 aromatic rings. The Bertz CT molecular complexity index is 1160. The monoisotopic (exact) mass is 420 g/mol. The summed E-state index contributed by atoms with van der Waals surface area (Å²) in [6, 6.07) is 16.9. The van der Waals surface area contributed by atoms with Crippen LogP contribution in [-0.4, -0.2) is 34.1 Å². The van der Waals surface area contributed by atoms with Crippen molar-refractivity contribution in [3.8, 4) is 0 Å². The summed E-state index contributed by atoms with van der Waals surface area (Å²) in [6.45, 7) is 1.76. The molecule has 2 heterocycles. The van der Waals surface area contributed by atoms with Gasteiger partial charge < -0.3 is 15.2 Å². The van der Waals surface area contributed by atoms with Gasteiger partial charge in [-0.1, -0.05) is 54.2 Å². The molecule has 2 aromatic carbocycles. The lowest BCUT2D eigenvalue weighted by Gasteiger charge is -2.29. The number of fused-ring (bicyclic) bond motifs is 1. The Kier molecular flexibility index (Phi) is 5.67. The van der Waals surface area contributed by atoms with E-state index in [1.165, 1.54) is 4.90 Å². The SMILES string of the molecule is Cc1nc(SCC(=O)N2CC(=O)Nc3ccccc32)[nH]c(=O)c1Cc1ccccc1. The molecule has 7 nitrogen and oxygen atoms in total. The van der Waals surface area contributed by atoms with E-state index < -0.39 is 0 Å². The van der Waals surface area contributed by atoms with E-state index in [1.54, 1.807) is 25.1 Å². The number of aromatic nitrogens is 2. The summed E-state index contributed by atoms with van der Waals surface area (Å²) in [5, 5.41) is 3.15. The molecule has 0 unspecified atom stereocenters. The van der Waals surface area contributed by atoms with Gasteiger partial charge in [-0.25, -0.2) is 4.98 Å². The average Bonchev–Trinajstić information content (AvgIpc) is 2.74. The van der Waals surface area contributed by atoms with Gasteiger partial charge in [-0.3, -0.25) is 14.4 Å². The summed E-state index contributed by atoms with van der Waals surface area (Å²) < 4.78 is 0. The maximum absolute atomic E-state index is 12.8. The number of para-hydroxylation sites is 2. The smallest absolute Gasteiger partial charge is 0.255 e. The molecule has 8 heteroatoms. The van der Waals surface area contributed by atoms with Crippen molar-refractivity contribution in [3.05, 3.63) is 81.8 Å². The van der Waals surface area contributed by atoms with Crippen LogP contribution in [0.4, 0.5) is 11.4 Å². The van der Waals surface area contributed by atoms with E-state index in [0.29, 0.717) is 34.2 Å². The Hall–Kier alpha value is -3.39. The first-order valence-electron chi connectivity index (χ1n) is 9.47. The third-order valence-corrected chi connectivity index (χ3v) is 5.69. The van der Waals surface area contributed by atoms with Gasteiger partial charge in [-0.2, -0.15) is 0 Å². The summed E-state index contributed by atoms with van der Waals surface area (Å²) in [7, 11) is 0. The van der Waals surface area contributed by atoms with Gasteiger partial charge >= 0.3 is 0 Å². The summed E-state index contributed by atoms with van der Waals surface area (Å²) in [5.74, 6) is -0.405. The maximum Gasteiger partial charge on any atom is 0.255 e. The van der Waals surface area contributed by atoms with Gasteiger partial charge in [0.2, 0.25) is 11.8 Å². The van der Waals surface area contributed by atoms with Crippen LogP contribution in [0.2, 0.25) is 0 Å². The van der Waals surface area contributed by atoms with Gasteiger partial charge in [0.05, 0.1) is 17.1 Å². The molecule has 152 valence electrons. The topological polar surface area (TPSA) is 95.2 Å². The number of hydrogen-bond donors (Lipinski definition) is 2. The van der Waals surface area contributed by atoms with Crippen molar-refractivity contribution in [2.75, 3.05) is 22.5 Å². The highest BCUT2D eigenvalue weighted by Crippen LogP contribution is 2.29. The van der Waals surface area contributed by atoms with E-state index in [4.69, 9.17) is 0 Å². The summed E-state index contributed by atoms with van der Waals surface area (Å²) in [5.41, 5.74) is 3.35. The molecule has 0 spiro atoms. The minimum atomic E-state index is -0.236. The van der Waals surface area contributed by atoms with Crippen molar-refractivity contribution in [3.63, 3.8) is 0 Å². The van der Waals surface area contributed by atoms with Crippen molar-refractivity contribution in [2.24, 2.45) is 0 Å². The molecule has 0 aliphatic carbocycles. The molecule has 0 bridgehead atoms. The fraction of sp³-hybridized carbons (Fsp3) is 0.182. The molecule has 0 atom stereocenters. The Morgan fingerprint density at radius 3 is 2.60 bits per heavy atom. The van der Waals surface area contributed by atoms with E-state index in [2.05, 4.69) is 15.3 Å². The number of anilines is 2. The molecule has 2 amide bonds. The number of amides is 2. The zero-order valence-electron chi connectivity index (χ0n) is 16.3. The number of carbonyl (C=O) groups is 2. The van der Waals surface area contributed by atoms with E-state index >= 15 is 0 Å². The zero-order chi connectivity index (χ0) is 21.1. The van der Waals surface area contributed by atoms with E-state index in [0.717, 1.165) is 17.3 Å². The number of carbonyl (C=O) groups excluding carboxylic acids is 2. The standard InChI is InChI=1S/C22H20N4O3S/c1-14-16(11-15-7-3-2-4-8-15)21(29)25-22(23-14)30-13-20(28)26-12-19(27)24-17-9-5-6-10-18(17)26/h2-10H,11-13H2,1H3,(H,24,27)(H,23,25,29). The summed E-state index contributed by atoms with van der Waals surface area (Å²) in [4.78, 5) is 45.9. The van der Waals surface area contributed by atoms with Gasteiger partial charge in [-0.05, 0) is 24.6 Å². The Balaban J connectivity index is 1.47.